The molecule has 1 heterocycles. The van der Waals surface area contributed by atoms with Crippen LogP contribution in [0.1, 0.15) is 36.6 Å². The Balaban J connectivity index is 2.44. The van der Waals surface area contributed by atoms with Gasteiger partial charge in [0, 0.05) is 16.8 Å². The number of aromatic nitrogens is 1. The Morgan fingerprint density at radius 3 is 2.36 bits per heavy atom. The minimum Gasteiger partial charge on any atom is -0.312 e. The Labute approximate surface area is 129 Å². The number of aryl methyl sites for hydroxylation is 1. The molecule has 0 bridgehead atoms. The van der Waals surface area contributed by atoms with Gasteiger partial charge in [0.05, 0.1) is 11.1 Å². The molecule has 0 aliphatic heterocycles. The summed E-state index contributed by atoms with van der Waals surface area (Å²) < 4.78 is 15.3. The van der Waals surface area contributed by atoms with Gasteiger partial charge in [0.25, 0.3) is 0 Å². The first kappa shape index (κ1) is 14.3. The SMILES string of the molecule is Cc1ccc2c(c1)c(C#N)c(C(C)C)n2-c1ccc(F)cc1. The van der Waals surface area contributed by atoms with Crippen molar-refractivity contribution in [1.29, 1.82) is 5.26 Å². The van der Waals surface area contributed by atoms with Crippen molar-refractivity contribution in [2.75, 3.05) is 0 Å². The Kier molecular flexibility index (Phi) is 3.46. The molecule has 0 saturated carbocycles. The highest BCUT2D eigenvalue weighted by atomic mass is 19.1. The van der Waals surface area contributed by atoms with E-state index < -0.39 is 0 Å². The van der Waals surface area contributed by atoms with E-state index in [1.165, 1.54) is 12.1 Å². The normalized spacial score (nSPS) is 11.1. The van der Waals surface area contributed by atoms with E-state index in [0.717, 1.165) is 27.8 Å². The zero-order valence-corrected chi connectivity index (χ0v) is 12.9. The highest BCUT2D eigenvalue weighted by Crippen LogP contribution is 2.34. The van der Waals surface area contributed by atoms with E-state index in [2.05, 4.69) is 24.5 Å². The van der Waals surface area contributed by atoms with Gasteiger partial charge in [0.2, 0.25) is 0 Å². The van der Waals surface area contributed by atoms with Crippen LogP contribution in [0.25, 0.3) is 16.6 Å². The van der Waals surface area contributed by atoms with Crippen LogP contribution in [0.5, 0.6) is 0 Å². The van der Waals surface area contributed by atoms with E-state index in [0.29, 0.717) is 5.56 Å². The first-order valence-corrected chi connectivity index (χ1v) is 7.34. The number of nitriles is 1. The summed E-state index contributed by atoms with van der Waals surface area (Å²) in [4.78, 5) is 0. The van der Waals surface area contributed by atoms with Crippen molar-refractivity contribution in [3.05, 3.63) is 65.1 Å². The Hall–Kier alpha value is -2.60. The Morgan fingerprint density at radius 2 is 1.77 bits per heavy atom. The molecule has 110 valence electrons. The largest absolute Gasteiger partial charge is 0.312 e. The lowest BCUT2D eigenvalue weighted by molar-refractivity contribution is 0.627. The van der Waals surface area contributed by atoms with Crippen LogP contribution in [0, 0.1) is 24.1 Å². The second kappa shape index (κ2) is 5.31. The molecule has 0 aliphatic rings. The average Bonchev–Trinajstić information content (AvgIpc) is 2.81. The minimum atomic E-state index is -0.261. The number of rotatable bonds is 2. The number of halogens is 1. The summed E-state index contributed by atoms with van der Waals surface area (Å²) in [6.45, 7) is 6.16. The third-order valence-corrected chi connectivity index (χ3v) is 3.90. The third-order valence-electron chi connectivity index (χ3n) is 3.90. The van der Waals surface area contributed by atoms with Gasteiger partial charge < -0.3 is 4.57 Å². The number of hydrogen-bond donors (Lipinski definition) is 0. The molecule has 3 heteroatoms. The number of hydrogen-bond acceptors (Lipinski definition) is 1. The van der Waals surface area contributed by atoms with Crippen molar-refractivity contribution in [3.8, 4) is 11.8 Å². The standard InChI is InChI=1S/C19H17FN2/c1-12(2)19-17(11-21)16-10-13(3)4-9-18(16)22(19)15-7-5-14(20)6-8-15/h4-10,12H,1-3H3. The van der Waals surface area contributed by atoms with Gasteiger partial charge in [-0.25, -0.2) is 4.39 Å². The fourth-order valence-electron chi connectivity index (χ4n) is 2.96. The fraction of sp³-hybridized carbons (Fsp3) is 0.211. The zero-order chi connectivity index (χ0) is 15.9. The molecule has 0 fully saturated rings. The number of nitrogens with zero attached hydrogens (tertiary/aromatic N) is 2. The van der Waals surface area contributed by atoms with Crippen molar-refractivity contribution in [2.24, 2.45) is 0 Å². The highest BCUT2D eigenvalue weighted by Gasteiger charge is 2.20. The van der Waals surface area contributed by atoms with Crippen molar-refractivity contribution < 1.29 is 4.39 Å². The van der Waals surface area contributed by atoms with Crippen LogP contribution < -0.4 is 0 Å². The summed E-state index contributed by atoms with van der Waals surface area (Å²) in [6, 6.07) is 14.9. The molecule has 0 unspecified atom stereocenters. The second-order valence-electron chi connectivity index (χ2n) is 5.86. The van der Waals surface area contributed by atoms with Crippen LogP contribution in [-0.2, 0) is 0 Å². The van der Waals surface area contributed by atoms with E-state index in [1.807, 2.05) is 25.1 Å². The summed E-state index contributed by atoms with van der Waals surface area (Å²) in [7, 11) is 0. The molecule has 1 aromatic heterocycles. The van der Waals surface area contributed by atoms with Crippen molar-refractivity contribution in [3.63, 3.8) is 0 Å². The monoisotopic (exact) mass is 292 g/mol. The molecular weight excluding hydrogens is 275 g/mol. The number of benzene rings is 2. The summed E-state index contributed by atoms with van der Waals surface area (Å²) in [6.07, 6.45) is 0. The van der Waals surface area contributed by atoms with E-state index in [-0.39, 0.29) is 11.7 Å². The van der Waals surface area contributed by atoms with Gasteiger partial charge in [-0.15, -0.1) is 0 Å². The molecule has 0 aliphatic carbocycles. The molecule has 2 nitrogen and oxygen atoms in total. The van der Waals surface area contributed by atoms with E-state index in [9.17, 15) is 9.65 Å². The molecule has 3 rings (SSSR count). The van der Waals surface area contributed by atoms with E-state index in [1.54, 1.807) is 12.1 Å². The molecule has 3 aromatic rings. The van der Waals surface area contributed by atoms with Gasteiger partial charge in [-0.1, -0.05) is 25.5 Å². The van der Waals surface area contributed by atoms with Crippen LogP contribution in [0.4, 0.5) is 4.39 Å². The minimum absolute atomic E-state index is 0.187. The summed E-state index contributed by atoms with van der Waals surface area (Å²) >= 11 is 0. The maximum atomic E-state index is 13.2. The zero-order valence-electron chi connectivity index (χ0n) is 12.9. The van der Waals surface area contributed by atoms with Gasteiger partial charge in [-0.2, -0.15) is 5.26 Å². The maximum absolute atomic E-state index is 13.2. The molecule has 0 radical (unpaired) electrons. The van der Waals surface area contributed by atoms with E-state index in [4.69, 9.17) is 0 Å². The highest BCUT2D eigenvalue weighted by molar-refractivity contribution is 5.90. The topological polar surface area (TPSA) is 28.7 Å². The van der Waals surface area contributed by atoms with E-state index >= 15 is 0 Å². The first-order valence-electron chi connectivity index (χ1n) is 7.34. The molecular formula is C19H17FN2. The molecule has 0 N–H and O–H groups in total. The third kappa shape index (κ3) is 2.17. The lowest BCUT2D eigenvalue weighted by Crippen LogP contribution is -2.03. The van der Waals surface area contributed by atoms with Crippen LogP contribution in [-0.4, -0.2) is 4.57 Å². The molecule has 0 atom stereocenters. The second-order valence-corrected chi connectivity index (χ2v) is 5.86. The Morgan fingerprint density at radius 1 is 1.09 bits per heavy atom. The van der Waals surface area contributed by atoms with Crippen LogP contribution in [0.3, 0.4) is 0 Å². The van der Waals surface area contributed by atoms with Crippen LogP contribution >= 0.6 is 0 Å². The van der Waals surface area contributed by atoms with Gasteiger partial charge in [0.1, 0.15) is 11.9 Å². The average molecular weight is 292 g/mol. The summed E-state index contributed by atoms with van der Waals surface area (Å²) in [5.74, 6) is -0.0740. The quantitative estimate of drug-likeness (QED) is 0.648. The summed E-state index contributed by atoms with van der Waals surface area (Å²) in [5.41, 5.74) is 4.65. The van der Waals surface area contributed by atoms with Gasteiger partial charge in [0.15, 0.2) is 0 Å². The molecule has 0 amide bonds. The lowest BCUT2D eigenvalue weighted by Gasteiger charge is -2.14. The maximum Gasteiger partial charge on any atom is 0.123 e. The van der Waals surface area contributed by atoms with Gasteiger partial charge in [-0.05, 0) is 49.2 Å². The van der Waals surface area contributed by atoms with Crippen molar-refractivity contribution >= 4 is 10.9 Å². The molecule has 0 spiro atoms. The fourth-order valence-corrected chi connectivity index (χ4v) is 2.96. The summed E-state index contributed by atoms with van der Waals surface area (Å²) in [5, 5.41) is 10.6. The lowest BCUT2D eigenvalue weighted by atomic mass is 10.0. The smallest absolute Gasteiger partial charge is 0.123 e. The molecule has 2 aromatic carbocycles. The number of fused-ring (bicyclic) bond motifs is 1. The van der Waals surface area contributed by atoms with Gasteiger partial charge >= 0.3 is 0 Å². The molecule has 0 saturated heterocycles. The predicted molar refractivity (Wildman–Crippen MR) is 86.8 cm³/mol. The van der Waals surface area contributed by atoms with Crippen LogP contribution in [0.15, 0.2) is 42.5 Å². The van der Waals surface area contributed by atoms with Crippen LogP contribution in [0.2, 0.25) is 0 Å². The molecule has 22 heavy (non-hydrogen) atoms. The predicted octanol–water partition coefficient (Wildman–Crippen LogP) is 5.07. The first-order chi connectivity index (χ1) is 10.5. The van der Waals surface area contributed by atoms with Crippen molar-refractivity contribution in [1.82, 2.24) is 4.57 Å². The van der Waals surface area contributed by atoms with Crippen molar-refractivity contribution in [2.45, 2.75) is 26.7 Å². The Bertz CT molecular complexity index is 880. The van der Waals surface area contributed by atoms with Gasteiger partial charge in [-0.3, -0.25) is 0 Å².